The molecular formula is C14H32. The highest BCUT2D eigenvalue weighted by atomic mass is 14.1. The first-order chi connectivity index (χ1) is 6.63. The first-order valence-electron chi connectivity index (χ1n) is 6.63. The minimum absolute atomic E-state index is 0.833. The third kappa shape index (κ3) is 17.9. The number of hydrogen-bond donors (Lipinski definition) is 0. The second kappa shape index (κ2) is 13.0. The van der Waals surface area contributed by atoms with E-state index < -0.39 is 0 Å². The van der Waals surface area contributed by atoms with Crippen LogP contribution in [0.5, 0.6) is 0 Å². The summed E-state index contributed by atoms with van der Waals surface area (Å²) in [5, 5.41) is 0. The van der Waals surface area contributed by atoms with Crippen LogP contribution in [0.3, 0.4) is 0 Å². The summed E-state index contributed by atoms with van der Waals surface area (Å²) in [6, 6.07) is 0. The Morgan fingerprint density at radius 2 is 1.07 bits per heavy atom. The zero-order valence-electron chi connectivity index (χ0n) is 11.4. The Morgan fingerprint density at radius 1 is 0.786 bits per heavy atom. The van der Waals surface area contributed by atoms with Crippen LogP contribution in [0.4, 0.5) is 0 Å². The molecule has 0 radical (unpaired) electrons. The molecule has 0 aromatic carbocycles. The summed E-state index contributed by atoms with van der Waals surface area (Å²) in [7, 11) is 0. The molecule has 0 nitrogen and oxygen atoms in total. The Kier molecular flexibility index (Phi) is 15.3. The maximum atomic E-state index is 2.38. The lowest BCUT2D eigenvalue weighted by Gasteiger charge is -2.02. The maximum absolute atomic E-state index is 2.38. The molecular weight excluding hydrogens is 168 g/mol. The van der Waals surface area contributed by atoms with Gasteiger partial charge in [-0.05, 0) is 11.8 Å². The van der Waals surface area contributed by atoms with Gasteiger partial charge < -0.3 is 0 Å². The van der Waals surface area contributed by atoms with Gasteiger partial charge in [0.2, 0.25) is 0 Å². The lowest BCUT2D eigenvalue weighted by atomic mass is 10.0. The molecule has 1 saturated carbocycles. The van der Waals surface area contributed by atoms with E-state index in [9.17, 15) is 0 Å². The highest BCUT2D eigenvalue weighted by Gasteiger charge is 2.05. The molecule has 0 N–H and O–H groups in total. The lowest BCUT2D eigenvalue weighted by molar-refractivity contribution is 0.505. The van der Waals surface area contributed by atoms with Gasteiger partial charge in [0.15, 0.2) is 0 Å². The van der Waals surface area contributed by atoms with E-state index in [1.54, 1.807) is 0 Å². The van der Waals surface area contributed by atoms with Crippen molar-refractivity contribution in [1.82, 2.24) is 0 Å². The maximum Gasteiger partial charge on any atom is -0.0443 e. The van der Waals surface area contributed by atoms with Crippen molar-refractivity contribution in [3.8, 4) is 0 Å². The van der Waals surface area contributed by atoms with Gasteiger partial charge in [-0.2, -0.15) is 0 Å². The molecule has 0 unspecified atom stereocenters. The summed E-state index contributed by atoms with van der Waals surface area (Å²) in [4.78, 5) is 0. The molecule has 0 saturated heterocycles. The van der Waals surface area contributed by atoms with Crippen molar-refractivity contribution in [3.63, 3.8) is 0 Å². The van der Waals surface area contributed by atoms with Crippen LogP contribution in [0.2, 0.25) is 0 Å². The Labute approximate surface area is 92.5 Å². The van der Waals surface area contributed by atoms with E-state index in [2.05, 4.69) is 27.7 Å². The topological polar surface area (TPSA) is 0 Å². The molecule has 1 aliphatic carbocycles. The number of rotatable bonds is 0. The third-order valence-electron chi connectivity index (χ3n) is 2.14. The zero-order chi connectivity index (χ0) is 11.4. The van der Waals surface area contributed by atoms with E-state index in [1.807, 2.05) is 13.8 Å². The fourth-order valence-corrected chi connectivity index (χ4v) is 1.48. The van der Waals surface area contributed by atoms with Crippen molar-refractivity contribution in [2.45, 2.75) is 80.1 Å². The average Bonchev–Trinajstić information content (AvgIpc) is 2.35. The Hall–Kier alpha value is 0. The third-order valence-corrected chi connectivity index (χ3v) is 2.14. The zero-order valence-corrected chi connectivity index (χ0v) is 11.4. The van der Waals surface area contributed by atoms with Crippen LogP contribution >= 0.6 is 0 Å². The normalized spacial score (nSPS) is 17.4. The van der Waals surface area contributed by atoms with Gasteiger partial charge in [0.25, 0.3) is 0 Å². The molecule has 0 heteroatoms. The van der Waals surface area contributed by atoms with Crippen molar-refractivity contribution in [2.75, 3.05) is 0 Å². The molecule has 0 aromatic rings. The van der Waals surface area contributed by atoms with Gasteiger partial charge >= 0.3 is 0 Å². The van der Waals surface area contributed by atoms with Crippen molar-refractivity contribution < 1.29 is 0 Å². The molecule has 1 rings (SSSR count). The van der Waals surface area contributed by atoms with Crippen molar-refractivity contribution in [2.24, 2.45) is 11.8 Å². The highest BCUT2D eigenvalue weighted by Crippen LogP contribution is 2.21. The molecule has 0 aromatic heterocycles. The quantitative estimate of drug-likeness (QED) is 0.442. The Morgan fingerprint density at radius 3 is 1.36 bits per heavy atom. The van der Waals surface area contributed by atoms with Crippen molar-refractivity contribution >= 4 is 0 Å². The van der Waals surface area contributed by atoms with E-state index >= 15 is 0 Å². The molecule has 14 heavy (non-hydrogen) atoms. The average molecular weight is 200 g/mol. The predicted octanol–water partition coefficient (Wildman–Crippen LogP) is 5.67. The SMILES string of the molecule is CC.CC(C)C.CC1CCCCCC1. The Bertz CT molecular complexity index is 73.3. The largest absolute Gasteiger partial charge is 0.0683 e. The highest BCUT2D eigenvalue weighted by molar-refractivity contribution is 4.58. The van der Waals surface area contributed by atoms with Crippen LogP contribution in [0.25, 0.3) is 0 Å². The van der Waals surface area contributed by atoms with Crippen LogP contribution in [0.15, 0.2) is 0 Å². The van der Waals surface area contributed by atoms with Crippen LogP contribution < -0.4 is 0 Å². The van der Waals surface area contributed by atoms with Gasteiger partial charge in [-0.15, -0.1) is 0 Å². The fraction of sp³-hybridized carbons (Fsp3) is 1.00. The van der Waals surface area contributed by atoms with E-state index in [0.29, 0.717) is 0 Å². The summed E-state index contributed by atoms with van der Waals surface area (Å²) in [6.45, 7) is 12.9. The lowest BCUT2D eigenvalue weighted by Crippen LogP contribution is -1.88. The monoisotopic (exact) mass is 200 g/mol. The van der Waals surface area contributed by atoms with Crippen LogP contribution in [0, 0.1) is 11.8 Å². The summed E-state index contributed by atoms with van der Waals surface area (Å²) in [5.74, 6) is 1.86. The molecule has 0 amide bonds. The van der Waals surface area contributed by atoms with Gasteiger partial charge in [0.1, 0.15) is 0 Å². The van der Waals surface area contributed by atoms with Gasteiger partial charge in [-0.1, -0.05) is 80.1 Å². The molecule has 1 fully saturated rings. The van der Waals surface area contributed by atoms with Crippen LogP contribution in [0.1, 0.15) is 80.1 Å². The van der Waals surface area contributed by atoms with Crippen LogP contribution in [-0.2, 0) is 0 Å². The molecule has 0 heterocycles. The second-order valence-corrected chi connectivity index (χ2v) is 4.83. The number of hydrogen-bond acceptors (Lipinski definition) is 0. The molecule has 0 atom stereocenters. The molecule has 0 bridgehead atoms. The van der Waals surface area contributed by atoms with Crippen molar-refractivity contribution in [1.29, 1.82) is 0 Å². The van der Waals surface area contributed by atoms with E-state index in [0.717, 1.165) is 11.8 Å². The summed E-state index contributed by atoms with van der Waals surface area (Å²) < 4.78 is 0. The first-order valence-corrected chi connectivity index (χ1v) is 6.63. The molecule has 0 aliphatic heterocycles. The Balaban J connectivity index is 0. The van der Waals surface area contributed by atoms with E-state index in [-0.39, 0.29) is 0 Å². The first kappa shape index (κ1) is 16.4. The van der Waals surface area contributed by atoms with Crippen LogP contribution in [-0.4, -0.2) is 0 Å². The van der Waals surface area contributed by atoms with Gasteiger partial charge in [0.05, 0.1) is 0 Å². The van der Waals surface area contributed by atoms with Crippen molar-refractivity contribution in [3.05, 3.63) is 0 Å². The summed E-state index contributed by atoms with van der Waals surface area (Å²) >= 11 is 0. The standard InChI is InChI=1S/C8H16.C4H10.C2H6/c1-8-6-4-2-3-5-7-8;1-4(2)3;1-2/h8H,2-7H2,1H3;4H,1-3H3;1-2H3. The molecule has 1 aliphatic rings. The molecule has 0 spiro atoms. The molecule has 88 valence electrons. The smallest absolute Gasteiger partial charge is 0.0443 e. The second-order valence-electron chi connectivity index (χ2n) is 4.83. The predicted molar refractivity (Wildman–Crippen MR) is 68.7 cm³/mol. The van der Waals surface area contributed by atoms with E-state index in [4.69, 9.17) is 0 Å². The van der Waals surface area contributed by atoms with Gasteiger partial charge in [-0.25, -0.2) is 0 Å². The van der Waals surface area contributed by atoms with E-state index in [1.165, 1.54) is 38.5 Å². The van der Waals surface area contributed by atoms with Gasteiger partial charge in [-0.3, -0.25) is 0 Å². The minimum atomic E-state index is 0.833. The minimum Gasteiger partial charge on any atom is -0.0683 e. The van der Waals surface area contributed by atoms with Gasteiger partial charge in [0, 0.05) is 0 Å². The fourth-order valence-electron chi connectivity index (χ4n) is 1.48. The summed E-state index contributed by atoms with van der Waals surface area (Å²) in [6.07, 6.45) is 8.93. The summed E-state index contributed by atoms with van der Waals surface area (Å²) in [5.41, 5.74) is 0.